The third-order valence-electron chi connectivity index (χ3n) is 4.44. The van der Waals surface area contributed by atoms with Crippen LogP contribution in [0.1, 0.15) is 59.8 Å². The molecule has 0 spiro atoms. The average Bonchev–Trinajstić information content (AvgIpc) is 2.86. The van der Waals surface area contributed by atoms with E-state index in [1.54, 1.807) is 6.92 Å². The van der Waals surface area contributed by atoms with Crippen molar-refractivity contribution < 1.29 is 9.28 Å². The zero-order valence-electron chi connectivity index (χ0n) is 14.2. The molecule has 4 nitrogen and oxygen atoms in total. The van der Waals surface area contributed by atoms with E-state index in [4.69, 9.17) is 0 Å². The summed E-state index contributed by atoms with van der Waals surface area (Å²) in [6.07, 6.45) is 10.8. The van der Waals surface area contributed by atoms with Gasteiger partial charge in [0, 0.05) is 19.9 Å². The van der Waals surface area contributed by atoms with Crippen LogP contribution in [0.3, 0.4) is 0 Å². The van der Waals surface area contributed by atoms with Gasteiger partial charge in [0.25, 0.3) is 0 Å². The summed E-state index contributed by atoms with van der Waals surface area (Å²) < 4.78 is 0.769. The van der Waals surface area contributed by atoms with Crippen LogP contribution in [-0.2, 0) is 4.79 Å². The smallest absolute Gasteiger partial charge is 0.224 e. The molecule has 0 bridgehead atoms. The topological polar surface area (TPSA) is 41.5 Å². The third-order valence-corrected chi connectivity index (χ3v) is 4.44. The monoisotopic (exact) mass is 294 g/mol. The molecule has 0 saturated carbocycles. The number of amidine groups is 1. The fraction of sp³-hybridized carbons (Fsp3) is 0.765. The Morgan fingerprint density at radius 3 is 2.76 bits per heavy atom. The van der Waals surface area contributed by atoms with E-state index in [1.807, 2.05) is 0 Å². The molecule has 0 fully saturated rings. The highest BCUT2D eigenvalue weighted by Crippen LogP contribution is 2.20. The van der Waals surface area contributed by atoms with Crippen molar-refractivity contribution in [3.8, 4) is 0 Å². The van der Waals surface area contributed by atoms with Gasteiger partial charge in [-0.25, -0.2) is 4.99 Å². The number of allylic oxidation sites excluding steroid dienone is 1. The molecule has 1 aliphatic heterocycles. The Kier molecular flexibility index (Phi) is 7.65. The molecule has 1 heterocycles. The van der Waals surface area contributed by atoms with Crippen LogP contribution in [-0.4, -0.2) is 42.0 Å². The molecule has 0 radical (unpaired) electrons. The lowest BCUT2D eigenvalue weighted by Crippen LogP contribution is -2.62. The standard InChI is InChI=1S/C17H31N3O/c1-5-7-8-9-10-11-12-17-18-13-14-20(17,6-2)15(3)19-16(4)21/h11-12,15H,5-10,13-14H2,1-4H3/p+1/b12-11+. The number of aliphatic imine (C=N–C) groups is 1. The molecule has 0 aromatic heterocycles. The van der Waals surface area contributed by atoms with Crippen molar-refractivity contribution in [2.75, 3.05) is 19.6 Å². The molecular weight excluding hydrogens is 262 g/mol. The number of unbranched alkanes of at least 4 members (excludes halogenated alkanes) is 4. The maximum Gasteiger partial charge on any atom is 0.224 e. The normalized spacial score (nSPS) is 23.3. The van der Waals surface area contributed by atoms with Gasteiger partial charge in [-0.15, -0.1) is 0 Å². The van der Waals surface area contributed by atoms with Crippen LogP contribution in [0.4, 0.5) is 0 Å². The summed E-state index contributed by atoms with van der Waals surface area (Å²) in [4.78, 5) is 16.0. The molecule has 21 heavy (non-hydrogen) atoms. The van der Waals surface area contributed by atoms with E-state index < -0.39 is 0 Å². The van der Waals surface area contributed by atoms with E-state index in [0.29, 0.717) is 0 Å². The van der Waals surface area contributed by atoms with Gasteiger partial charge in [-0.05, 0) is 19.8 Å². The lowest BCUT2D eigenvalue weighted by atomic mass is 10.1. The molecule has 1 N–H and O–H groups in total. The molecule has 4 heteroatoms. The number of nitrogens with one attached hydrogen (secondary N) is 1. The van der Waals surface area contributed by atoms with Crippen molar-refractivity contribution in [1.82, 2.24) is 5.32 Å². The summed E-state index contributed by atoms with van der Waals surface area (Å²) in [7, 11) is 0. The highest BCUT2D eigenvalue weighted by atomic mass is 16.1. The molecule has 0 saturated heterocycles. The first kappa shape index (κ1) is 17.9. The summed E-state index contributed by atoms with van der Waals surface area (Å²) >= 11 is 0. The quantitative estimate of drug-likeness (QED) is 0.515. The lowest BCUT2D eigenvalue weighted by molar-refractivity contribution is -0.859. The predicted octanol–water partition coefficient (Wildman–Crippen LogP) is 3.24. The summed E-state index contributed by atoms with van der Waals surface area (Å²) in [5, 5.41) is 3.04. The van der Waals surface area contributed by atoms with E-state index in [2.05, 4.69) is 43.2 Å². The van der Waals surface area contributed by atoms with Crippen LogP contribution < -0.4 is 5.32 Å². The van der Waals surface area contributed by atoms with E-state index in [9.17, 15) is 4.79 Å². The number of nitrogens with zero attached hydrogens (tertiary/aromatic N) is 2. The summed E-state index contributed by atoms with van der Waals surface area (Å²) in [5.74, 6) is 1.15. The Bertz CT molecular complexity index is 389. The predicted molar refractivity (Wildman–Crippen MR) is 89.1 cm³/mol. The third kappa shape index (κ3) is 4.95. The van der Waals surface area contributed by atoms with Crippen LogP contribution in [0.15, 0.2) is 17.1 Å². The maximum absolute atomic E-state index is 11.4. The van der Waals surface area contributed by atoms with Crippen molar-refractivity contribution in [2.24, 2.45) is 4.99 Å². The van der Waals surface area contributed by atoms with Gasteiger partial charge in [0.1, 0.15) is 6.54 Å². The van der Waals surface area contributed by atoms with Gasteiger partial charge in [-0.2, -0.15) is 0 Å². The van der Waals surface area contributed by atoms with Crippen molar-refractivity contribution >= 4 is 11.7 Å². The van der Waals surface area contributed by atoms with Crippen LogP contribution in [0, 0.1) is 0 Å². The Hall–Kier alpha value is -1.16. The second-order valence-corrected chi connectivity index (χ2v) is 5.94. The second-order valence-electron chi connectivity index (χ2n) is 5.94. The fourth-order valence-electron chi connectivity index (χ4n) is 3.08. The molecule has 120 valence electrons. The number of hydrogen-bond donors (Lipinski definition) is 1. The molecular formula is C17H32N3O+. The van der Waals surface area contributed by atoms with Gasteiger partial charge in [-0.3, -0.25) is 9.28 Å². The number of quaternary nitrogens is 1. The van der Waals surface area contributed by atoms with E-state index in [1.165, 1.54) is 25.7 Å². The Balaban J connectivity index is 2.62. The summed E-state index contributed by atoms with van der Waals surface area (Å²) in [5.41, 5.74) is 0. The molecule has 2 atom stereocenters. The van der Waals surface area contributed by atoms with Crippen molar-refractivity contribution in [3.63, 3.8) is 0 Å². The number of amides is 1. The number of hydrogen-bond acceptors (Lipinski definition) is 2. The van der Waals surface area contributed by atoms with Gasteiger partial charge in [0.15, 0.2) is 6.17 Å². The molecule has 0 aromatic rings. The molecule has 0 aliphatic carbocycles. The van der Waals surface area contributed by atoms with Crippen molar-refractivity contribution in [3.05, 3.63) is 12.2 Å². The van der Waals surface area contributed by atoms with E-state index >= 15 is 0 Å². The fourth-order valence-corrected chi connectivity index (χ4v) is 3.08. The Morgan fingerprint density at radius 1 is 1.38 bits per heavy atom. The summed E-state index contributed by atoms with van der Waals surface area (Å²) in [6, 6.07) is 0. The van der Waals surface area contributed by atoms with Crippen LogP contribution in [0.25, 0.3) is 0 Å². The number of carbonyl (C=O) groups is 1. The van der Waals surface area contributed by atoms with E-state index in [0.717, 1.165) is 36.4 Å². The van der Waals surface area contributed by atoms with Crippen molar-refractivity contribution in [1.29, 1.82) is 0 Å². The zero-order chi connectivity index (χ0) is 15.7. The largest absolute Gasteiger partial charge is 0.307 e. The highest BCUT2D eigenvalue weighted by Gasteiger charge is 2.40. The second kappa shape index (κ2) is 8.98. The van der Waals surface area contributed by atoms with Crippen LogP contribution in [0.2, 0.25) is 0 Å². The lowest BCUT2D eigenvalue weighted by Gasteiger charge is -2.38. The molecule has 0 aromatic carbocycles. The molecule has 2 unspecified atom stereocenters. The molecule has 1 rings (SSSR count). The number of carbonyl (C=O) groups excluding carboxylic acids is 1. The van der Waals surface area contributed by atoms with Gasteiger partial charge in [0.05, 0.1) is 13.1 Å². The first-order valence-electron chi connectivity index (χ1n) is 8.42. The molecule has 1 amide bonds. The minimum absolute atomic E-state index is 0.0308. The average molecular weight is 294 g/mol. The number of rotatable bonds is 9. The molecule has 1 aliphatic rings. The maximum atomic E-state index is 11.4. The summed E-state index contributed by atoms with van der Waals surface area (Å²) in [6.45, 7) is 10.9. The number of likely N-dealkylation sites (N-methyl/N-ethyl adjacent to an activating group) is 1. The van der Waals surface area contributed by atoms with Crippen LogP contribution in [0.5, 0.6) is 0 Å². The van der Waals surface area contributed by atoms with E-state index in [-0.39, 0.29) is 12.1 Å². The Morgan fingerprint density at radius 2 is 2.14 bits per heavy atom. The first-order chi connectivity index (χ1) is 10.1. The SMILES string of the molecule is CCCCCC/C=C/C1=NCC[N+]1(CC)C(C)NC(C)=O. The van der Waals surface area contributed by atoms with Crippen molar-refractivity contribution in [2.45, 2.75) is 66.0 Å². The Labute approximate surface area is 129 Å². The first-order valence-corrected chi connectivity index (χ1v) is 8.42. The van der Waals surface area contributed by atoms with Gasteiger partial charge in [0.2, 0.25) is 11.7 Å². The highest BCUT2D eigenvalue weighted by molar-refractivity contribution is 5.88. The zero-order valence-corrected chi connectivity index (χ0v) is 14.2. The van der Waals surface area contributed by atoms with Crippen LogP contribution >= 0.6 is 0 Å². The van der Waals surface area contributed by atoms with Gasteiger partial charge < -0.3 is 5.32 Å². The minimum Gasteiger partial charge on any atom is -0.307 e. The van der Waals surface area contributed by atoms with Gasteiger partial charge in [-0.1, -0.05) is 32.3 Å². The minimum atomic E-state index is 0.0308. The van der Waals surface area contributed by atoms with Gasteiger partial charge >= 0.3 is 0 Å².